The van der Waals surface area contributed by atoms with Gasteiger partial charge in [0.2, 0.25) is 5.91 Å². The van der Waals surface area contributed by atoms with E-state index in [1.807, 2.05) is 4.90 Å². The number of rotatable bonds is 3. The van der Waals surface area contributed by atoms with Gasteiger partial charge in [-0.3, -0.25) is 9.69 Å². The Balaban J connectivity index is 1.77. The Labute approximate surface area is 103 Å². The van der Waals surface area contributed by atoms with Gasteiger partial charge in [-0.2, -0.15) is 0 Å². The van der Waals surface area contributed by atoms with Crippen LogP contribution in [0.5, 0.6) is 0 Å². The average Bonchev–Trinajstić information content (AvgIpc) is 2.40. The Morgan fingerprint density at radius 2 is 2.06 bits per heavy atom. The number of hydrogen-bond acceptors (Lipinski definition) is 4. The second-order valence-corrected chi connectivity index (χ2v) is 5.11. The van der Waals surface area contributed by atoms with Gasteiger partial charge in [-0.05, 0) is 31.8 Å². The first-order valence-electron chi connectivity index (χ1n) is 6.70. The summed E-state index contributed by atoms with van der Waals surface area (Å²) in [6.07, 6.45) is 2.39. The van der Waals surface area contributed by atoms with Gasteiger partial charge in [0, 0.05) is 32.7 Å². The largest absolute Gasteiger partial charge is 0.339 e. The molecule has 0 aromatic carbocycles. The highest BCUT2D eigenvalue weighted by molar-refractivity contribution is 5.78. The van der Waals surface area contributed by atoms with Crippen LogP contribution in [0.25, 0.3) is 0 Å². The summed E-state index contributed by atoms with van der Waals surface area (Å²) in [7, 11) is 0. The van der Waals surface area contributed by atoms with E-state index < -0.39 is 0 Å². The van der Waals surface area contributed by atoms with Crippen LogP contribution >= 0.6 is 0 Å². The van der Waals surface area contributed by atoms with Crippen LogP contribution in [0.4, 0.5) is 0 Å². The van der Waals surface area contributed by atoms with E-state index in [-0.39, 0.29) is 5.91 Å². The number of carbonyl (C=O) groups excluding carboxylic acids is 1. The van der Waals surface area contributed by atoms with E-state index in [0.717, 1.165) is 45.8 Å². The van der Waals surface area contributed by atoms with E-state index >= 15 is 0 Å². The van der Waals surface area contributed by atoms with Gasteiger partial charge in [0.25, 0.3) is 0 Å². The van der Waals surface area contributed by atoms with E-state index in [0.29, 0.717) is 12.5 Å². The number of carbonyl (C=O) groups is 1. The molecule has 1 atom stereocenters. The second kappa shape index (κ2) is 6.33. The molecule has 2 aliphatic heterocycles. The summed E-state index contributed by atoms with van der Waals surface area (Å²) in [4.78, 5) is 16.3. The average molecular weight is 240 g/mol. The number of nitrogens with zero attached hydrogens (tertiary/aromatic N) is 2. The van der Waals surface area contributed by atoms with Crippen molar-refractivity contribution < 1.29 is 4.79 Å². The summed E-state index contributed by atoms with van der Waals surface area (Å²) in [5.74, 6) is 0.865. The lowest BCUT2D eigenvalue weighted by Crippen LogP contribution is -2.51. The van der Waals surface area contributed by atoms with Crippen molar-refractivity contribution in [1.82, 2.24) is 15.1 Å². The lowest BCUT2D eigenvalue weighted by molar-refractivity contribution is -0.133. The van der Waals surface area contributed by atoms with E-state index in [4.69, 9.17) is 5.73 Å². The van der Waals surface area contributed by atoms with E-state index in [1.54, 1.807) is 0 Å². The fourth-order valence-electron chi connectivity index (χ4n) is 2.69. The lowest BCUT2D eigenvalue weighted by Gasteiger charge is -2.34. The number of likely N-dealkylation sites (tertiary alicyclic amines) is 1. The molecule has 1 amide bonds. The maximum atomic E-state index is 12.1. The van der Waals surface area contributed by atoms with Crippen LogP contribution < -0.4 is 11.1 Å². The third kappa shape index (κ3) is 3.66. The van der Waals surface area contributed by atoms with Crippen molar-refractivity contribution in [2.75, 3.05) is 52.4 Å². The zero-order valence-corrected chi connectivity index (χ0v) is 10.5. The van der Waals surface area contributed by atoms with Gasteiger partial charge < -0.3 is 16.0 Å². The first-order chi connectivity index (χ1) is 8.29. The third-order valence-electron chi connectivity index (χ3n) is 3.77. The Hall–Kier alpha value is -0.650. The van der Waals surface area contributed by atoms with Crippen molar-refractivity contribution in [3.8, 4) is 0 Å². The summed E-state index contributed by atoms with van der Waals surface area (Å²) in [6, 6.07) is 0. The van der Waals surface area contributed by atoms with Crippen LogP contribution in [0.3, 0.4) is 0 Å². The fraction of sp³-hybridized carbons (Fsp3) is 0.917. The van der Waals surface area contributed by atoms with Gasteiger partial charge in [0.05, 0.1) is 6.54 Å². The molecule has 0 aromatic rings. The maximum absolute atomic E-state index is 12.1. The molecule has 5 heteroatoms. The molecule has 0 bridgehead atoms. The van der Waals surface area contributed by atoms with Crippen molar-refractivity contribution in [3.63, 3.8) is 0 Å². The predicted octanol–water partition coefficient (Wildman–Crippen LogP) is -0.911. The van der Waals surface area contributed by atoms with Gasteiger partial charge in [-0.15, -0.1) is 0 Å². The second-order valence-electron chi connectivity index (χ2n) is 5.11. The molecule has 0 radical (unpaired) electrons. The Morgan fingerprint density at radius 3 is 2.76 bits per heavy atom. The molecule has 1 unspecified atom stereocenters. The summed E-state index contributed by atoms with van der Waals surface area (Å²) in [6.45, 7) is 6.94. The SMILES string of the molecule is NCC1CCCN(CC(=O)N2CCNCC2)C1. The zero-order valence-electron chi connectivity index (χ0n) is 10.5. The fourth-order valence-corrected chi connectivity index (χ4v) is 2.69. The molecular weight excluding hydrogens is 216 g/mol. The number of nitrogens with one attached hydrogen (secondary N) is 1. The lowest BCUT2D eigenvalue weighted by atomic mass is 9.98. The Morgan fingerprint density at radius 1 is 1.29 bits per heavy atom. The normalized spacial score (nSPS) is 27.1. The Kier molecular flexibility index (Phi) is 4.76. The van der Waals surface area contributed by atoms with Crippen LogP contribution in [-0.4, -0.2) is 68.1 Å². The topological polar surface area (TPSA) is 61.6 Å². The number of nitrogens with two attached hydrogens (primary N) is 1. The number of amides is 1. The van der Waals surface area contributed by atoms with Crippen LogP contribution in [0.1, 0.15) is 12.8 Å². The van der Waals surface area contributed by atoms with Gasteiger partial charge >= 0.3 is 0 Å². The molecule has 5 nitrogen and oxygen atoms in total. The highest BCUT2D eigenvalue weighted by Crippen LogP contribution is 2.15. The third-order valence-corrected chi connectivity index (χ3v) is 3.77. The molecule has 2 rings (SSSR count). The first kappa shape index (κ1) is 12.8. The standard InChI is InChI=1S/C12H24N4O/c13-8-11-2-1-5-15(9-11)10-12(17)16-6-3-14-4-7-16/h11,14H,1-10,13H2. The van der Waals surface area contributed by atoms with Gasteiger partial charge in [-0.25, -0.2) is 0 Å². The van der Waals surface area contributed by atoms with Gasteiger partial charge in [0.1, 0.15) is 0 Å². The summed E-state index contributed by atoms with van der Waals surface area (Å²) < 4.78 is 0. The van der Waals surface area contributed by atoms with E-state index in [2.05, 4.69) is 10.2 Å². The molecule has 17 heavy (non-hydrogen) atoms. The van der Waals surface area contributed by atoms with Gasteiger partial charge in [0.15, 0.2) is 0 Å². The Bertz CT molecular complexity index is 253. The van der Waals surface area contributed by atoms with Crippen LogP contribution in [0, 0.1) is 5.92 Å². The summed E-state index contributed by atoms with van der Waals surface area (Å²) in [5, 5.41) is 3.27. The smallest absolute Gasteiger partial charge is 0.236 e. The highest BCUT2D eigenvalue weighted by atomic mass is 16.2. The molecule has 0 spiro atoms. The van der Waals surface area contributed by atoms with Gasteiger partial charge in [-0.1, -0.05) is 0 Å². The molecule has 0 saturated carbocycles. The molecule has 98 valence electrons. The minimum absolute atomic E-state index is 0.282. The van der Waals surface area contributed by atoms with Crippen molar-refractivity contribution in [3.05, 3.63) is 0 Å². The number of piperazine rings is 1. The molecule has 2 heterocycles. The van der Waals surface area contributed by atoms with E-state index in [1.165, 1.54) is 12.8 Å². The molecule has 3 N–H and O–H groups in total. The number of hydrogen-bond donors (Lipinski definition) is 2. The zero-order chi connectivity index (χ0) is 12.1. The molecule has 2 saturated heterocycles. The summed E-state index contributed by atoms with van der Waals surface area (Å²) in [5.41, 5.74) is 5.71. The molecule has 0 aromatic heterocycles. The van der Waals surface area contributed by atoms with Crippen LogP contribution in [0.15, 0.2) is 0 Å². The maximum Gasteiger partial charge on any atom is 0.236 e. The molecular formula is C12H24N4O. The molecule has 0 aliphatic carbocycles. The minimum atomic E-state index is 0.282. The van der Waals surface area contributed by atoms with Crippen LogP contribution in [0.2, 0.25) is 0 Å². The van der Waals surface area contributed by atoms with E-state index in [9.17, 15) is 4.79 Å². The summed E-state index contributed by atoms with van der Waals surface area (Å²) >= 11 is 0. The predicted molar refractivity (Wildman–Crippen MR) is 67.7 cm³/mol. The monoisotopic (exact) mass is 240 g/mol. The van der Waals surface area contributed by atoms with Crippen LogP contribution in [-0.2, 0) is 4.79 Å². The molecule has 2 fully saturated rings. The van der Waals surface area contributed by atoms with Crippen molar-refractivity contribution in [2.45, 2.75) is 12.8 Å². The minimum Gasteiger partial charge on any atom is -0.339 e. The highest BCUT2D eigenvalue weighted by Gasteiger charge is 2.23. The molecule has 2 aliphatic rings. The van der Waals surface area contributed by atoms with Crippen molar-refractivity contribution in [2.24, 2.45) is 11.7 Å². The van der Waals surface area contributed by atoms with Crippen molar-refractivity contribution in [1.29, 1.82) is 0 Å². The van der Waals surface area contributed by atoms with Crippen molar-refractivity contribution >= 4 is 5.91 Å². The first-order valence-corrected chi connectivity index (χ1v) is 6.70. The quantitative estimate of drug-likeness (QED) is 0.670. The number of piperidine rings is 1.